The van der Waals surface area contributed by atoms with Gasteiger partial charge >= 0.3 is 0 Å². The van der Waals surface area contributed by atoms with E-state index in [0.29, 0.717) is 6.04 Å². The standard InChI is InChI=1S/C15H24N2S.C2H6/c1-12(17-7-9-18-10-8-17)14-11-13(5-6-16-14)15(2,3)4;1-2/h5-6,11-12H,7-10H2,1-4H3;1-2H3. The summed E-state index contributed by atoms with van der Waals surface area (Å²) in [6.07, 6.45) is 1.96. The summed E-state index contributed by atoms with van der Waals surface area (Å²) in [5.41, 5.74) is 2.80. The first-order valence-corrected chi connectivity index (χ1v) is 8.92. The van der Waals surface area contributed by atoms with Gasteiger partial charge in [-0.15, -0.1) is 0 Å². The van der Waals surface area contributed by atoms with Gasteiger partial charge in [0.15, 0.2) is 0 Å². The average Bonchev–Trinajstić information content (AvgIpc) is 2.49. The molecule has 1 atom stereocenters. The van der Waals surface area contributed by atoms with Crippen LogP contribution in [-0.2, 0) is 5.41 Å². The van der Waals surface area contributed by atoms with Gasteiger partial charge in [0, 0.05) is 36.8 Å². The Balaban J connectivity index is 0.000000956. The van der Waals surface area contributed by atoms with Crippen LogP contribution in [-0.4, -0.2) is 34.5 Å². The van der Waals surface area contributed by atoms with E-state index in [1.54, 1.807) is 0 Å². The van der Waals surface area contributed by atoms with Gasteiger partial charge in [0.1, 0.15) is 0 Å². The molecular formula is C17H30N2S. The quantitative estimate of drug-likeness (QED) is 0.798. The average molecular weight is 295 g/mol. The van der Waals surface area contributed by atoms with E-state index in [1.165, 1.54) is 35.9 Å². The summed E-state index contributed by atoms with van der Waals surface area (Å²) in [5, 5.41) is 0. The molecule has 0 amide bonds. The molecule has 0 saturated carbocycles. The van der Waals surface area contributed by atoms with Crippen LogP contribution in [0.5, 0.6) is 0 Å². The molecule has 20 heavy (non-hydrogen) atoms. The van der Waals surface area contributed by atoms with Gasteiger partial charge in [-0.3, -0.25) is 9.88 Å². The third-order valence-electron chi connectivity index (χ3n) is 3.67. The molecule has 1 aromatic rings. The minimum Gasteiger partial charge on any atom is -0.293 e. The summed E-state index contributed by atoms with van der Waals surface area (Å²) in [4.78, 5) is 7.13. The van der Waals surface area contributed by atoms with Crippen LogP contribution in [0.25, 0.3) is 0 Å². The van der Waals surface area contributed by atoms with Gasteiger partial charge in [-0.05, 0) is 30.0 Å². The smallest absolute Gasteiger partial charge is 0.0575 e. The molecule has 0 aromatic carbocycles. The van der Waals surface area contributed by atoms with Gasteiger partial charge < -0.3 is 0 Å². The molecule has 0 bridgehead atoms. The molecule has 1 aliphatic heterocycles. The lowest BCUT2D eigenvalue weighted by Crippen LogP contribution is -2.35. The molecule has 2 nitrogen and oxygen atoms in total. The molecule has 2 rings (SSSR count). The SMILES string of the molecule is CC.CC(c1cc(C(C)(C)C)ccn1)N1CCSCC1. The van der Waals surface area contributed by atoms with Crippen LogP contribution in [0, 0.1) is 0 Å². The minimum absolute atomic E-state index is 0.204. The number of aromatic nitrogens is 1. The number of hydrogen-bond acceptors (Lipinski definition) is 3. The molecule has 1 fully saturated rings. The molecule has 1 aliphatic rings. The highest BCUT2D eigenvalue weighted by Crippen LogP contribution is 2.27. The third kappa shape index (κ3) is 4.78. The first-order chi connectivity index (χ1) is 9.48. The van der Waals surface area contributed by atoms with E-state index in [2.05, 4.69) is 61.5 Å². The number of rotatable bonds is 2. The first kappa shape index (κ1) is 17.5. The van der Waals surface area contributed by atoms with Crippen LogP contribution in [0.3, 0.4) is 0 Å². The van der Waals surface area contributed by atoms with Crippen LogP contribution in [0.2, 0.25) is 0 Å². The van der Waals surface area contributed by atoms with Crippen molar-refractivity contribution in [1.82, 2.24) is 9.88 Å². The van der Waals surface area contributed by atoms with E-state index < -0.39 is 0 Å². The first-order valence-electron chi connectivity index (χ1n) is 7.77. The molecule has 0 spiro atoms. The van der Waals surface area contributed by atoms with Crippen molar-refractivity contribution < 1.29 is 0 Å². The summed E-state index contributed by atoms with van der Waals surface area (Å²) in [6.45, 7) is 15.4. The molecule has 114 valence electrons. The molecule has 0 aliphatic carbocycles. The Bertz CT molecular complexity index is 392. The predicted octanol–water partition coefficient (Wildman–Crippen LogP) is 4.52. The van der Waals surface area contributed by atoms with Crippen molar-refractivity contribution in [3.63, 3.8) is 0 Å². The van der Waals surface area contributed by atoms with Crippen molar-refractivity contribution in [3.05, 3.63) is 29.6 Å². The molecular weight excluding hydrogens is 264 g/mol. The Hall–Kier alpha value is -0.540. The highest BCUT2D eigenvalue weighted by atomic mass is 32.2. The van der Waals surface area contributed by atoms with E-state index in [1.807, 2.05) is 20.0 Å². The Labute approximate surface area is 129 Å². The Morgan fingerprint density at radius 2 is 1.80 bits per heavy atom. The van der Waals surface area contributed by atoms with Gasteiger partial charge in [-0.2, -0.15) is 11.8 Å². The monoisotopic (exact) mass is 294 g/mol. The number of thioether (sulfide) groups is 1. The van der Waals surface area contributed by atoms with Crippen molar-refractivity contribution in [3.8, 4) is 0 Å². The summed E-state index contributed by atoms with van der Waals surface area (Å²) in [6, 6.07) is 4.86. The zero-order valence-electron chi connectivity index (χ0n) is 13.9. The number of hydrogen-bond donors (Lipinski definition) is 0. The van der Waals surface area contributed by atoms with Crippen molar-refractivity contribution in [1.29, 1.82) is 0 Å². The minimum atomic E-state index is 0.204. The Morgan fingerprint density at radius 1 is 1.20 bits per heavy atom. The third-order valence-corrected chi connectivity index (χ3v) is 4.61. The Kier molecular flexibility index (Phi) is 7.04. The van der Waals surface area contributed by atoms with E-state index in [0.717, 1.165) is 0 Å². The van der Waals surface area contributed by atoms with Crippen molar-refractivity contribution >= 4 is 11.8 Å². The van der Waals surface area contributed by atoms with Gasteiger partial charge in [0.25, 0.3) is 0 Å². The van der Waals surface area contributed by atoms with E-state index in [4.69, 9.17) is 0 Å². The fraction of sp³-hybridized carbons (Fsp3) is 0.706. The van der Waals surface area contributed by atoms with Crippen molar-refractivity contribution in [2.24, 2.45) is 0 Å². The lowest BCUT2D eigenvalue weighted by molar-refractivity contribution is 0.229. The van der Waals surface area contributed by atoms with E-state index in [9.17, 15) is 0 Å². The second-order valence-corrected chi connectivity index (χ2v) is 7.27. The zero-order valence-corrected chi connectivity index (χ0v) is 14.8. The maximum atomic E-state index is 4.58. The lowest BCUT2D eigenvalue weighted by Gasteiger charge is -2.32. The summed E-state index contributed by atoms with van der Waals surface area (Å²) >= 11 is 2.06. The Morgan fingerprint density at radius 3 is 2.35 bits per heavy atom. The zero-order chi connectivity index (χ0) is 15.2. The summed E-state index contributed by atoms with van der Waals surface area (Å²) < 4.78 is 0. The number of nitrogens with zero attached hydrogens (tertiary/aromatic N) is 2. The van der Waals surface area contributed by atoms with Crippen LogP contribution in [0.1, 0.15) is 58.8 Å². The van der Waals surface area contributed by atoms with Crippen LogP contribution < -0.4 is 0 Å². The summed E-state index contributed by atoms with van der Waals surface area (Å²) in [5.74, 6) is 2.51. The molecule has 1 unspecified atom stereocenters. The molecule has 0 radical (unpaired) electrons. The summed E-state index contributed by atoms with van der Waals surface area (Å²) in [7, 11) is 0. The van der Waals surface area contributed by atoms with Crippen LogP contribution >= 0.6 is 11.8 Å². The van der Waals surface area contributed by atoms with E-state index in [-0.39, 0.29) is 5.41 Å². The molecule has 0 N–H and O–H groups in total. The van der Waals surface area contributed by atoms with Gasteiger partial charge in [0.2, 0.25) is 0 Å². The maximum absolute atomic E-state index is 4.58. The topological polar surface area (TPSA) is 16.1 Å². The normalized spacial score (nSPS) is 18.1. The largest absolute Gasteiger partial charge is 0.293 e. The fourth-order valence-electron chi connectivity index (χ4n) is 2.30. The van der Waals surface area contributed by atoms with Gasteiger partial charge in [0.05, 0.1) is 5.69 Å². The highest BCUT2D eigenvalue weighted by molar-refractivity contribution is 7.99. The van der Waals surface area contributed by atoms with Crippen molar-refractivity contribution in [2.45, 2.75) is 53.0 Å². The second kappa shape index (κ2) is 8.04. The molecule has 3 heteroatoms. The molecule has 1 aromatic heterocycles. The highest BCUT2D eigenvalue weighted by Gasteiger charge is 2.21. The lowest BCUT2D eigenvalue weighted by atomic mass is 9.87. The van der Waals surface area contributed by atoms with Crippen LogP contribution in [0.15, 0.2) is 18.3 Å². The maximum Gasteiger partial charge on any atom is 0.0575 e. The van der Waals surface area contributed by atoms with Crippen molar-refractivity contribution in [2.75, 3.05) is 24.6 Å². The fourth-order valence-corrected chi connectivity index (χ4v) is 3.23. The van der Waals surface area contributed by atoms with Crippen LogP contribution in [0.4, 0.5) is 0 Å². The van der Waals surface area contributed by atoms with Gasteiger partial charge in [-0.25, -0.2) is 0 Å². The number of pyridine rings is 1. The van der Waals surface area contributed by atoms with E-state index >= 15 is 0 Å². The second-order valence-electron chi connectivity index (χ2n) is 6.04. The molecule has 1 saturated heterocycles. The predicted molar refractivity (Wildman–Crippen MR) is 91.6 cm³/mol. The molecule has 2 heterocycles. The van der Waals surface area contributed by atoms with Gasteiger partial charge in [-0.1, -0.05) is 34.6 Å².